The van der Waals surface area contributed by atoms with Crippen molar-refractivity contribution in [2.45, 2.75) is 13.5 Å². The molecule has 0 fully saturated rings. The first kappa shape index (κ1) is 13.5. The Kier molecular flexibility index (Phi) is 6.45. The number of halogens is 1. The summed E-state index contributed by atoms with van der Waals surface area (Å²) < 4.78 is 6.18. The Hall–Kier alpha value is -0.580. The zero-order valence-electron chi connectivity index (χ0n) is 9.85. The largest absolute Gasteiger partial charge is 0.496 e. The van der Waals surface area contributed by atoms with Crippen molar-refractivity contribution in [1.82, 2.24) is 10.6 Å². The van der Waals surface area contributed by atoms with Gasteiger partial charge in [0, 0.05) is 19.6 Å². The summed E-state index contributed by atoms with van der Waals surface area (Å²) in [6.07, 6.45) is 0. The Morgan fingerprint density at radius 3 is 2.62 bits per heavy atom. The number of hydrogen-bond acceptors (Lipinski definition) is 3. The molecule has 3 nitrogen and oxygen atoms in total. The second kappa shape index (κ2) is 7.65. The van der Waals surface area contributed by atoms with Crippen molar-refractivity contribution in [3.63, 3.8) is 0 Å². The average Bonchev–Trinajstić information content (AvgIpc) is 2.29. The highest BCUT2D eigenvalue weighted by atomic mass is 79.9. The van der Waals surface area contributed by atoms with Crippen molar-refractivity contribution >= 4 is 15.9 Å². The van der Waals surface area contributed by atoms with Crippen LogP contribution >= 0.6 is 15.9 Å². The number of nitrogens with one attached hydrogen (secondary N) is 2. The fraction of sp³-hybridized carbons (Fsp3) is 0.500. The van der Waals surface area contributed by atoms with Crippen molar-refractivity contribution < 1.29 is 4.74 Å². The smallest absolute Gasteiger partial charge is 0.133 e. The van der Waals surface area contributed by atoms with Gasteiger partial charge >= 0.3 is 0 Å². The molecule has 4 heteroatoms. The van der Waals surface area contributed by atoms with Crippen molar-refractivity contribution in [3.05, 3.63) is 28.2 Å². The van der Waals surface area contributed by atoms with E-state index in [4.69, 9.17) is 4.74 Å². The Labute approximate surface area is 106 Å². The molecule has 1 aromatic rings. The lowest BCUT2D eigenvalue weighted by molar-refractivity contribution is 0.412. The molecule has 2 N–H and O–H groups in total. The van der Waals surface area contributed by atoms with Crippen molar-refractivity contribution in [2.75, 3.05) is 26.7 Å². The van der Waals surface area contributed by atoms with Crippen LogP contribution in [0.5, 0.6) is 5.75 Å². The molecule has 1 aromatic carbocycles. The third kappa shape index (κ3) is 4.51. The molecular weight excluding hydrogens is 268 g/mol. The number of methoxy groups -OCH3 is 1. The maximum absolute atomic E-state index is 5.18. The molecule has 0 amide bonds. The maximum Gasteiger partial charge on any atom is 0.133 e. The SMILES string of the molecule is CCNCCNCc1ccc(OC)c(Br)c1. The zero-order chi connectivity index (χ0) is 11.8. The minimum Gasteiger partial charge on any atom is -0.496 e. The van der Waals surface area contributed by atoms with Crippen LogP contribution in [-0.4, -0.2) is 26.7 Å². The third-order valence-corrected chi connectivity index (χ3v) is 2.89. The summed E-state index contributed by atoms with van der Waals surface area (Å²) in [5.41, 5.74) is 1.25. The average molecular weight is 287 g/mol. The summed E-state index contributed by atoms with van der Waals surface area (Å²) in [6.45, 7) is 6.01. The lowest BCUT2D eigenvalue weighted by Gasteiger charge is -2.08. The van der Waals surface area contributed by atoms with Crippen LogP contribution in [0.2, 0.25) is 0 Å². The molecule has 90 valence electrons. The van der Waals surface area contributed by atoms with Gasteiger partial charge in [-0.3, -0.25) is 0 Å². The molecule has 0 aliphatic rings. The van der Waals surface area contributed by atoms with E-state index >= 15 is 0 Å². The first-order valence-electron chi connectivity index (χ1n) is 5.51. The van der Waals surface area contributed by atoms with E-state index in [-0.39, 0.29) is 0 Å². The second-order valence-corrected chi connectivity index (χ2v) is 4.35. The Bertz CT molecular complexity index is 318. The highest BCUT2D eigenvalue weighted by molar-refractivity contribution is 9.10. The van der Waals surface area contributed by atoms with Gasteiger partial charge in [0.15, 0.2) is 0 Å². The van der Waals surface area contributed by atoms with Crippen molar-refractivity contribution in [1.29, 1.82) is 0 Å². The maximum atomic E-state index is 5.18. The minimum atomic E-state index is 0.872. The molecule has 0 saturated carbocycles. The summed E-state index contributed by atoms with van der Waals surface area (Å²) in [5, 5.41) is 6.65. The van der Waals surface area contributed by atoms with Gasteiger partial charge in [0.25, 0.3) is 0 Å². The molecule has 0 heterocycles. The molecule has 0 unspecified atom stereocenters. The summed E-state index contributed by atoms with van der Waals surface area (Å²) in [7, 11) is 1.68. The van der Waals surface area contributed by atoms with Crippen molar-refractivity contribution in [2.24, 2.45) is 0 Å². The summed E-state index contributed by atoms with van der Waals surface area (Å²) in [4.78, 5) is 0. The first-order valence-corrected chi connectivity index (χ1v) is 6.31. The molecule has 0 radical (unpaired) electrons. The first-order chi connectivity index (χ1) is 7.77. The van der Waals surface area contributed by atoms with E-state index in [1.54, 1.807) is 7.11 Å². The molecule has 0 spiro atoms. The monoisotopic (exact) mass is 286 g/mol. The van der Waals surface area contributed by atoms with Crippen molar-refractivity contribution in [3.8, 4) is 5.75 Å². The molecule has 1 rings (SSSR count). The van der Waals surface area contributed by atoms with E-state index < -0.39 is 0 Å². The van der Waals surface area contributed by atoms with Gasteiger partial charge in [0.1, 0.15) is 5.75 Å². The summed E-state index contributed by atoms with van der Waals surface area (Å²) in [6, 6.07) is 6.13. The van der Waals surface area contributed by atoms with E-state index in [9.17, 15) is 0 Å². The molecule has 0 atom stereocenters. The van der Waals surface area contributed by atoms with E-state index in [2.05, 4.69) is 45.6 Å². The Balaban J connectivity index is 2.34. The molecule has 0 saturated heterocycles. The van der Waals surface area contributed by atoms with Crippen LogP contribution in [0.15, 0.2) is 22.7 Å². The van der Waals surface area contributed by atoms with Crippen LogP contribution in [0.1, 0.15) is 12.5 Å². The second-order valence-electron chi connectivity index (χ2n) is 3.50. The third-order valence-electron chi connectivity index (χ3n) is 2.27. The van der Waals surface area contributed by atoms with E-state index in [1.165, 1.54) is 5.56 Å². The molecule has 0 aromatic heterocycles. The number of hydrogen-bond donors (Lipinski definition) is 2. The molecule has 16 heavy (non-hydrogen) atoms. The van der Waals surface area contributed by atoms with Gasteiger partial charge < -0.3 is 15.4 Å². The van der Waals surface area contributed by atoms with E-state index in [0.717, 1.165) is 36.4 Å². The number of benzene rings is 1. The number of likely N-dealkylation sites (N-methyl/N-ethyl adjacent to an activating group) is 1. The molecule has 0 bridgehead atoms. The highest BCUT2D eigenvalue weighted by Gasteiger charge is 2.00. The van der Waals surface area contributed by atoms with E-state index in [0.29, 0.717) is 0 Å². The van der Waals surface area contributed by atoms with Gasteiger partial charge in [-0.05, 0) is 40.2 Å². The Morgan fingerprint density at radius 2 is 2.00 bits per heavy atom. The van der Waals surface area contributed by atoms with Gasteiger partial charge in [-0.2, -0.15) is 0 Å². The van der Waals surface area contributed by atoms with Crippen LogP contribution in [0.3, 0.4) is 0 Å². The summed E-state index contributed by atoms with van der Waals surface area (Å²) >= 11 is 3.48. The highest BCUT2D eigenvalue weighted by Crippen LogP contribution is 2.25. The van der Waals surface area contributed by atoms with E-state index in [1.807, 2.05) is 6.07 Å². The minimum absolute atomic E-state index is 0.872. The van der Waals surface area contributed by atoms with Crippen LogP contribution in [0.4, 0.5) is 0 Å². The molecule has 0 aliphatic heterocycles. The molecule has 0 aliphatic carbocycles. The predicted octanol–water partition coefficient (Wildman–Crippen LogP) is 2.16. The lowest BCUT2D eigenvalue weighted by Crippen LogP contribution is -2.26. The van der Waals surface area contributed by atoms with Gasteiger partial charge in [-0.25, -0.2) is 0 Å². The van der Waals surface area contributed by atoms with Gasteiger partial charge in [-0.1, -0.05) is 13.0 Å². The predicted molar refractivity (Wildman–Crippen MR) is 70.9 cm³/mol. The van der Waals surface area contributed by atoms with Crippen LogP contribution < -0.4 is 15.4 Å². The van der Waals surface area contributed by atoms with Gasteiger partial charge in [0.05, 0.1) is 11.6 Å². The Morgan fingerprint density at radius 1 is 1.25 bits per heavy atom. The number of ether oxygens (including phenoxy) is 1. The standard InChI is InChI=1S/C12H19BrN2O/c1-3-14-6-7-15-9-10-4-5-12(16-2)11(13)8-10/h4-5,8,14-15H,3,6-7,9H2,1-2H3. The van der Waals surface area contributed by atoms with Gasteiger partial charge in [0.2, 0.25) is 0 Å². The fourth-order valence-electron chi connectivity index (χ4n) is 1.41. The lowest BCUT2D eigenvalue weighted by atomic mass is 10.2. The molecular formula is C12H19BrN2O. The quantitative estimate of drug-likeness (QED) is 0.754. The number of rotatable bonds is 7. The zero-order valence-corrected chi connectivity index (χ0v) is 11.4. The normalized spacial score (nSPS) is 10.4. The van der Waals surface area contributed by atoms with Crippen LogP contribution in [0, 0.1) is 0 Å². The van der Waals surface area contributed by atoms with Crippen LogP contribution in [0.25, 0.3) is 0 Å². The summed E-state index contributed by atoms with van der Waals surface area (Å²) in [5.74, 6) is 0.872. The van der Waals surface area contributed by atoms with Gasteiger partial charge in [-0.15, -0.1) is 0 Å². The van der Waals surface area contributed by atoms with Crippen LogP contribution in [-0.2, 0) is 6.54 Å². The topological polar surface area (TPSA) is 33.3 Å². The fourth-order valence-corrected chi connectivity index (χ4v) is 1.99.